The van der Waals surface area contributed by atoms with Gasteiger partial charge in [-0.05, 0) is 52.7 Å². The number of aryl methyl sites for hydroxylation is 1. The van der Waals surface area contributed by atoms with Crippen molar-refractivity contribution in [3.8, 4) is 0 Å². The Labute approximate surface area is 133 Å². The minimum absolute atomic E-state index is 0.283. The Balaban J connectivity index is 1.75. The van der Waals surface area contributed by atoms with Crippen molar-refractivity contribution in [2.45, 2.75) is 52.1 Å². The zero-order valence-electron chi connectivity index (χ0n) is 14.2. The van der Waals surface area contributed by atoms with Crippen molar-refractivity contribution in [1.82, 2.24) is 9.88 Å². The van der Waals surface area contributed by atoms with Gasteiger partial charge in [-0.3, -0.25) is 9.88 Å². The molecule has 0 unspecified atom stereocenters. The number of nitrogens with one attached hydrogen (secondary N) is 1. The minimum atomic E-state index is 0.283. The van der Waals surface area contributed by atoms with E-state index in [0.29, 0.717) is 6.04 Å². The topological polar surface area (TPSA) is 28.2 Å². The fourth-order valence-electron chi connectivity index (χ4n) is 3.34. The Morgan fingerprint density at radius 1 is 1.14 bits per heavy atom. The molecule has 0 radical (unpaired) electrons. The van der Waals surface area contributed by atoms with Crippen LogP contribution in [-0.4, -0.2) is 34.6 Å². The van der Waals surface area contributed by atoms with Crippen LogP contribution in [0.1, 0.15) is 39.3 Å². The van der Waals surface area contributed by atoms with E-state index < -0.39 is 0 Å². The van der Waals surface area contributed by atoms with E-state index in [9.17, 15) is 0 Å². The molecule has 1 saturated heterocycles. The van der Waals surface area contributed by atoms with Crippen molar-refractivity contribution in [1.29, 1.82) is 0 Å². The average molecular weight is 297 g/mol. The fourth-order valence-corrected chi connectivity index (χ4v) is 3.34. The van der Waals surface area contributed by atoms with Crippen LogP contribution in [0, 0.1) is 6.92 Å². The van der Waals surface area contributed by atoms with Gasteiger partial charge in [-0.25, -0.2) is 0 Å². The molecule has 1 aromatic carbocycles. The quantitative estimate of drug-likeness (QED) is 0.899. The van der Waals surface area contributed by atoms with Gasteiger partial charge in [0.05, 0.1) is 5.52 Å². The first kappa shape index (κ1) is 15.3. The van der Waals surface area contributed by atoms with E-state index in [1.54, 1.807) is 0 Å². The predicted molar refractivity (Wildman–Crippen MR) is 94.5 cm³/mol. The summed E-state index contributed by atoms with van der Waals surface area (Å²) in [5.74, 6) is 0. The zero-order chi connectivity index (χ0) is 15.7. The highest BCUT2D eigenvalue weighted by Gasteiger charge is 2.27. The summed E-state index contributed by atoms with van der Waals surface area (Å²) in [5.41, 5.74) is 3.67. The summed E-state index contributed by atoms with van der Waals surface area (Å²) >= 11 is 0. The number of fused-ring (bicyclic) bond motifs is 1. The molecule has 2 aromatic rings. The van der Waals surface area contributed by atoms with Gasteiger partial charge in [0, 0.05) is 41.4 Å². The van der Waals surface area contributed by atoms with Gasteiger partial charge in [0.1, 0.15) is 0 Å². The second-order valence-corrected chi connectivity index (χ2v) is 7.40. The summed E-state index contributed by atoms with van der Waals surface area (Å²) < 4.78 is 0. The molecule has 3 nitrogen and oxygen atoms in total. The molecule has 0 saturated carbocycles. The number of benzene rings is 1. The van der Waals surface area contributed by atoms with E-state index in [1.807, 2.05) is 0 Å². The molecule has 0 aliphatic carbocycles. The van der Waals surface area contributed by atoms with Gasteiger partial charge in [0.2, 0.25) is 0 Å². The average Bonchev–Trinajstić information content (AvgIpc) is 2.46. The summed E-state index contributed by atoms with van der Waals surface area (Å²) in [4.78, 5) is 7.21. The van der Waals surface area contributed by atoms with Crippen molar-refractivity contribution in [2.75, 3.05) is 18.4 Å². The molecule has 0 bridgehead atoms. The molecule has 118 valence electrons. The number of rotatable bonds is 2. The number of hydrogen-bond donors (Lipinski definition) is 1. The lowest BCUT2D eigenvalue weighted by molar-refractivity contribution is 0.106. The lowest BCUT2D eigenvalue weighted by Crippen LogP contribution is -2.48. The third-order valence-corrected chi connectivity index (χ3v) is 4.65. The van der Waals surface area contributed by atoms with Crippen LogP contribution in [-0.2, 0) is 0 Å². The normalized spacial score (nSPS) is 17.8. The molecular weight excluding hydrogens is 270 g/mol. The molecule has 3 rings (SSSR count). The van der Waals surface area contributed by atoms with Gasteiger partial charge in [-0.1, -0.05) is 18.2 Å². The number of pyridine rings is 1. The standard InChI is InChI=1S/C19H27N3/c1-14-13-18(16-7-5-6-8-17(16)20-14)21-15-9-11-22(12-10-15)19(2,3)4/h5-8,13,15H,9-12H2,1-4H3,(H,20,21). The summed E-state index contributed by atoms with van der Waals surface area (Å²) in [5, 5.41) is 5.00. The zero-order valence-corrected chi connectivity index (χ0v) is 14.2. The fraction of sp³-hybridized carbons (Fsp3) is 0.526. The van der Waals surface area contributed by atoms with Crippen LogP contribution in [0.4, 0.5) is 5.69 Å². The molecule has 1 aliphatic rings. The highest BCUT2D eigenvalue weighted by atomic mass is 15.2. The molecule has 0 atom stereocenters. The van der Waals surface area contributed by atoms with Crippen molar-refractivity contribution in [3.05, 3.63) is 36.0 Å². The van der Waals surface area contributed by atoms with Crippen molar-refractivity contribution < 1.29 is 0 Å². The van der Waals surface area contributed by atoms with Gasteiger partial charge >= 0.3 is 0 Å². The maximum Gasteiger partial charge on any atom is 0.0725 e. The number of nitrogens with zero attached hydrogens (tertiary/aromatic N) is 2. The number of hydrogen-bond acceptors (Lipinski definition) is 3. The third kappa shape index (κ3) is 3.25. The lowest BCUT2D eigenvalue weighted by Gasteiger charge is -2.41. The number of likely N-dealkylation sites (tertiary alicyclic amines) is 1. The van der Waals surface area contributed by atoms with Crippen LogP contribution in [0.3, 0.4) is 0 Å². The highest BCUT2D eigenvalue weighted by Crippen LogP contribution is 2.27. The smallest absolute Gasteiger partial charge is 0.0725 e. The van der Waals surface area contributed by atoms with E-state index in [0.717, 1.165) is 11.2 Å². The number of aromatic nitrogens is 1. The van der Waals surface area contributed by atoms with Crippen molar-refractivity contribution >= 4 is 16.6 Å². The Morgan fingerprint density at radius 3 is 2.50 bits per heavy atom. The predicted octanol–water partition coefficient (Wildman–Crippen LogP) is 4.22. The number of piperidine rings is 1. The molecule has 0 amide bonds. The first-order valence-corrected chi connectivity index (χ1v) is 8.31. The van der Waals surface area contributed by atoms with Gasteiger partial charge < -0.3 is 5.32 Å². The van der Waals surface area contributed by atoms with Crippen LogP contribution in [0.2, 0.25) is 0 Å². The molecule has 1 fully saturated rings. The maximum absolute atomic E-state index is 4.63. The van der Waals surface area contributed by atoms with E-state index in [-0.39, 0.29) is 5.54 Å². The summed E-state index contributed by atoms with van der Waals surface area (Å²) in [6.07, 6.45) is 2.40. The first-order valence-electron chi connectivity index (χ1n) is 8.31. The molecular formula is C19H27N3. The summed E-state index contributed by atoms with van der Waals surface area (Å²) in [6, 6.07) is 11.1. The molecule has 0 spiro atoms. The third-order valence-electron chi connectivity index (χ3n) is 4.65. The van der Waals surface area contributed by atoms with E-state index in [4.69, 9.17) is 0 Å². The van der Waals surface area contributed by atoms with Gasteiger partial charge in [-0.2, -0.15) is 0 Å². The SMILES string of the molecule is Cc1cc(NC2CCN(C(C)(C)C)CC2)c2ccccc2n1. The largest absolute Gasteiger partial charge is 0.382 e. The minimum Gasteiger partial charge on any atom is -0.382 e. The summed E-state index contributed by atoms with van der Waals surface area (Å²) in [6.45, 7) is 11.3. The molecule has 3 heteroatoms. The first-order chi connectivity index (χ1) is 10.4. The molecule has 22 heavy (non-hydrogen) atoms. The summed E-state index contributed by atoms with van der Waals surface area (Å²) in [7, 11) is 0. The second-order valence-electron chi connectivity index (χ2n) is 7.40. The molecule has 1 aliphatic heterocycles. The Kier molecular flexibility index (Phi) is 4.09. The number of anilines is 1. The molecule has 1 N–H and O–H groups in total. The Hall–Kier alpha value is -1.61. The van der Waals surface area contributed by atoms with Crippen LogP contribution in [0.15, 0.2) is 30.3 Å². The Morgan fingerprint density at radius 2 is 1.82 bits per heavy atom. The molecule has 1 aromatic heterocycles. The number of para-hydroxylation sites is 1. The van der Waals surface area contributed by atoms with E-state index in [1.165, 1.54) is 37.0 Å². The van der Waals surface area contributed by atoms with Crippen molar-refractivity contribution in [2.24, 2.45) is 0 Å². The van der Waals surface area contributed by atoms with Crippen LogP contribution >= 0.6 is 0 Å². The second kappa shape index (κ2) is 5.88. The maximum atomic E-state index is 4.63. The van der Waals surface area contributed by atoms with Crippen LogP contribution < -0.4 is 5.32 Å². The Bertz CT molecular complexity index is 649. The van der Waals surface area contributed by atoms with Gasteiger partial charge in [0.15, 0.2) is 0 Å². The van der Waals surface area contributed by atoms with Crippen molar-refractivity contribution in [3.63, 3.8) is 0 Å². The highest BCUT2D eigenvalue weighted by molar-refractivity contribution is 5.91. The monoisotopic (exact) mass is 297 g/mol. The van der Waals surface area contributed by atoms with Gasteiger partial charge in [-0.15, -0.1) is 0 Å². The molecule has 2 heterocycles. The lowest BCUT2D eigenvalue weighted by atomic mass is 9.97. The van der Waals surface area contributed by atoms with E-state index in [2.05, 4.69) is 73.2 Å². The van der Waals surface area contributed by atoms with E-state index >= 15 is 0 Å². The van der Waals surface area contributed by atoms with Crippen LogP contribution in [0.5, 0.6) is 0 Å². The van der Waals surface area contributed by atoms with Crippen LogP contribution in [0.25, 0.3) is 10.9 Å². The van der Waals surface area contributed by atoms with Gasteiger partial charge in [0.25, 0.3) is 0 Å².